The molecule has 108 valence electrons. The average Bonchev–Trinajstić information content (AvgIpc) is 3.17. The number of nitrogens with zero attached hydrogens (tertiary/aromatic N) is 1. The number of sulfonamides is 1. The molecule has 0 unspecified atom stereocenters. The van der Waals surface area contributed by atoms with Crippen molar-refractivity contribution in [2.45, 2.75) is 23.8 Å². The third-order valence-electron chi connectivity index (χ3n) is 3.05. The van der Waals surface area contributed by atoms with Gasteiger partial charge in [0.05, 0.1) is 10.5 Å². The van der Waals surface area contributed by atoms with Crippen LogP contribution in [-0.4, -0.2) is 31.8 Å². The first-order valence-corrected chi connectivity index (χ1v) is 7.63. The van der Waals surface area contributed by atoms with E-state index in [2.05, 4.69) is 6.58 Å². The molecule has 1 aliphatic rings. The first kappa shape index (κ1) is 14.7. The van der Waals surface area contributed by atoms with Crippen molar-refractivity contribution in [3.8, 4) is 0 Å². The number of rotatable bonds is 5. The number of halogens is 1. The van der Waals surface area contributed by atoms with Gasteiger partial charge < -0.3 is 4.90 Å². The van der Waals surface area contributed by atoms with E-state index in [1.165, 1.54) is 4.90 Å². The molecule has 20 heavy (non-hydrogen) atoms. The van der Waals surface area contributed by atoms with Gasteiger partial charge in [0.15, 0.2) is 0 Å². The molecular formula is C13H15FN2O3S. The van der Waals surface area contributed by atoms with Gasteiger partial charge in [-0.15, -0.1) is 6.58 Å². The van der Waals surface area contributed by atoms with Gasteiger partial charge in [-0.3, -0.25) is 4.79 Å². The van der Waals surface area contributed by atoms with Crippen LogP contribution in [-0.2, 0) is 10.0 Å². The summed E-state index contributed by atoms with van der Waals surface area (Å²) in [6.07, 6.45) is 3.24. The van der Waals surface area contributed by atoms with E-state index in [1.54, 1.807) is 6.08 Å². The van der Waals surface area contributed by atoms with Gasteiger partial charge in [-0.2, -0.15) is 0 Å². The zero-order valence-electron chi connectivity index (χ0n) is 10.8. The van der Waals surface area contributed by atoms with Gasteiger partial charge in [0.25, 0.3) is 5.91 Å². The van der Waals surface area contributed by atoms with Crippen molar-refractivity contribution >= 4 is 15.9 Å². The Morgan fingerprint density at radius 2 is 2.15 bits per heavy atom. The van der Waals surface area contributed by atoms with Crippen molar-refractivity contribution in [2.75, 3.05) is 6.54 Å². The molecule has 0 aliphatic heterocycles. The van der Waals surface area contributed by atoms with Crippen molar-refractivity contribution in [3.05, 3.63) is 42.2 Å². The van der Waals surface area contributed by atoms with Gasteiger partial charge >= 0.3 is 0 Å². The minimum Gasteiger partial charge on any atom is -0.332 e. The summed E-state index contributed by atoms with van der Waals surface area (Å²) in [7, 11) is -4.09. The number of carbonyl (C=O) groups excluding carboxylic acids is 1. The van der Waals surface area contributed by atoms with Crippen LogP contribution in [0.4, 0.5) is 4.39 Å². The molecule has 1 aromatic rings. The van der Waals surface area contributed by atoms with Crippen molar-refractivity contribution in [3.63, 3.8) is 0 Å². The Balaban J connectivity index is 2.47. The highest BCUT2D eigenvalue weighted by molar-refractivity contribution is 7.89. The monoisotopic (exact) mass is 298 g/mol. The summed E-state index contributed by atoms with van der Waals surface area (Å²) in [6, 6.07) is 2.93. The molecule has 0 radical (unpaired) electrons. The fourth-order valence-corrected chi connectivity index (χ4v) is 2.71. The number of hydrogen-bond acceptors (Lipinski definition) is 3. The van der Waals surface area contributed by atoms with Crippen LogP contribution in [0.1, 0.15) is 23.2 Å². The highest BCUT2D eigenvalue weighted by Crippen LogP contribution is 2.29. The van der Waals surface area contributed by atoms with Gasteiger partial charge in [-0.05, 0) is 31.0 Å². The summed E-state index contributed by atoms with van der Waals surface area (Å²) in [5.41, 5.74) is -0.235. The molecule has 0 atom stereocenters. The number of carbonyl (C=O) groups is 1. The van der Waals surface area contributed by atoms with Gasteiger partial charge in [-0.25, -0.2) is 17.9 Å². The summed E-state index contributed by atoms with van der Waals surface area (Å²) in [5.74, 6) is -1.23. The number of benzene rings is 1. The summed E-state index contributed by atoms with van der Waals surface area (Å²) < 4.78 is 36.3. The van der Waals surface area contributed by atoms with Crippen molar-refractivity contribution < 1.29 is 17.6 Å². The van der Waals surface area contributed by atoms with Crippen LogP contribution in [0.3, 0.4) is 0 Å². The fraction of sp³-hybridized carbons (Fsp3) is 0.308. The van der Waals surface area contributed by atoms with Gasteiger partial charge in [0.1, 0.15) is 5.82 Å². The maximum absolute atomic E-state index is 13.3. The van der Waals surface area contributed by atoms with Crippen LogP contribution in [0.15, 0.2) is 35.7 Å². The van der Waals surface area contributed by atoms with Crippen LogP contribution in [0, 0.1) is 5.82 Å². The largest absolute Gasteiger partial charge is 0.332 e. The standard InChI is InChI=1S/C13H15FN2O3S/c1-2-7-16(10-4-5-10)13(17)11-8-9(14)3-6-12(11)20(15,18)19/h2-3,6,8,10H,1,4-5,7H2,(H2,15,18,19). The fourth-order valence-electron chi connectivity index (χ4n) is 2.00. The first-order chi connectivity index (χ1) is 9.34. The first-order valence-electron chi connectivity index (χ1n) is 6.09. The second-order valence-corrected chi connectivity index (χ2v) is 6.19. The average molecular weight is 298 g/mol. The number of hydrogen-bond donors (Lipinski definition) is 1. The predicted octanol–water partition coefficient (Wildman–Crippen LogP) is 1.26. The second kappa shape index (κ2) is 5.34. The lowest BCUT2D eigenvalue weighted by atomic mass is 10.2. The Hall–Kier alpha value is -1.73. The van der Waals surface area contributed by atoms with E-state index in [4.69, 9.17) is 5.14 Å². The maximum atomic E-state index is 13.3. The third kappa shape index (κ3) is 3.05. The summed E-state index contributed by atoms with van der Waals surface area (Å²) in [5, 5.41) is 5.07. The normalized spacial score (nSPS) is 14.9. The van der Waals surface area contributed by atoms with E-state index in [9.17, 15) is 17.6 Å². The molecule has 7 heteroatoms. The molecule has 0 spiro atoms. The highest BCUT2D eigenvalue weighted by Gasteiger charge is 2.34. The van der Waals surface area contributed by atoms with E-state index in [0.29, 0.717) is 0 Å². The van der Waals surface area contributed by atoms with E-state index in [1.807, 2.05) is 0 Å². The Morgan fingerprint density at radius 1 is 1.50 bits per heavy atom. The second-order valence-electron chi connectivity index (χ2n) is 4.66. The van der Waals surface area contributed by atoms with E-state index < -0.39 is 21.7 Å². The SMILES string of the molecule is C=CCN(C(=O)c1cc(F)ccc1S(N)(=O)=O)C1CC1. The van der Waals surface area contributed by atoms with Crippen LogP contribution in [0.25, 0.3) is 0 Å². The van der Waals surface area contributed by atoms with E-state index >= 15 is 0 Å². The number of amides is 1. The Bertz CT molecular complexity index is 654. The molecule has 1 saturated carbocycles. The summed E-state index contributed by atoms with van der Waals surface area (Å²) in [4.78, 5) is 13.5. The molecule has 2 N–H and O–H groups in total. The molecule has 0 heterocycles. The van der Waals surface area contributed by atoms with Crippen LogP contribution < -0.4 is 5.14 Å². The maximum Gasteiger partial charge on any atom is 0.255 e. The molecule has 2 rings (SSSR count). The lowest BCUT2D eigenvalue weighted by molar-refractivity contribution is 0.0758. The minimum atomic E-state index is -4.09. The number of nitrogens with two attached hydrogens (primary N) is 1. The molecular weight excluding hydrogens is 283 g/mol. The summed E-state index contributed by atoms with van der Waals surface area (Å²) >= 11 is 0. The predicted molar refractivity (Wildman–Crippen MR) is 72.0 cm³/mol. The van der Waals surface area contributed by atoms with Crippen molar-refractivity contribution in [2.24, 2.45) is 5.14 Å². The quantitative estimate of drug-likeness (QED) is 0.831. The van der Waals surface area contributed by atoms with Crippen molar-refractivity contribution in [1.82, 2.24) is 4.90 Å². The molecule has 1 aliphatic carbocycles. The van der Waals surface area contributed by atoms with Gasteiger partial charge in [0.2, 0.25) is 10.0 Å². The van der Waals surface area contributed by atoms with Gasteiger partial charge in [-0.1, -0.05) is 6.08 Å². The lowest BCUT2D eigenvalue weighted by Gasteiger charge is -2.21. The Kier molecular flexibility index (Phi) is 3.92. The summed E-state index contributed by atoms with van der Waals surface area (Å²) in [6.45, 7) is 3.85. The van der Waals surface area contributed by atoms with E-state index in [-0.39, 0.29) is 23.0 Å². The molecule has 1 fully saturated rings. The zero-order valence-corrected chi connectivity index (χ0v) is 11.6. The third-order valence-corrected chi connectivity index (χ3v) is 4.02. The van der Waals surface area contributed by atoms with Gasteiger partial charge in [0, 0.05) is 12.6 Å². The smallest absolute Gasteiger partial charge is 0.255 e. The molecule has 5 nitrogen and oxygen atoms in total. The lowest BCUT2D eigenvalue weighted by Crippen LogP contribution is -2.34. The molecule has 1 amide bonds. The zero-order chi connectivity index (χ0) is 14.9. The number of primary sulfonamides is 1. The van der Waals surface area contributed by atoms with E-state index in [0.717, 1.165) is 31.0 Å². The van der Waals surface area contributed by atoms with Crippen molar-refractivity contribution in [1.29, 1.82) is 0 Å². The van der Waals surface area contributed by atoms with Crippen LogP contribution in [0.2, 0.25) is 0 Å². The van der Waals surface area contributed by atoms with Crippen LogP contribution in [0.5, 0.6) is 0 Å². The Morgan fingerprint density at radius 3 is 2.65 bits per heavy atom. The highest BCUT2D eigenvalue weighted by atomic mass is 32.2. The minimum absolute atomic E-state index is 0.0529. The molecule has 0 saturated heterocycles. The Labute approximate surface area is 116 Å². The topological polar surface area (TPSA) is 80.5 Å². The molecule has 1 aromatic carbocycles. The molecule has 0 bridgehead atoms. The molecule has 0 aromatic heterocycles. The van der Waals surface area contributed by atoms with Crippen LogP contribution >= 0.6 is 0 Å².